The van der Waals surface area contributed by atoms with Crippen LogP contribution in [0, 0.1) is 19.8 Å². The lowest BCUT2D eigenvalue weighted by atomic mass is 9.99. The van der Waals surface area contributed by atoms with Gasteiger partial charge in [-0.2, -0.15) is 4.31 Å². The fourth-order valence-corrected chi connectivity index (χ4v) is 7.41. The predicted octanol–water partition coefficient (Wildman–Crippen LogP) is 2.64. The van der Waals surface area contributed by atoms with E-state index in [2.05, 4.69) is 9.88 Å². The molecule has 2 aromatic carbocycles. The highest BCUT2D eigenvalue weighted by Crippen LogP contribution is 2.32. The molecule has 3 atom stereocenters. The van der Waals surface area contributed by atoms with Crippen molar-refractivity contribution >= 4 is 31.6 Å². The Kier molecular flexibility index (Phi) is 9.39. The highest BCUT2D eigenvalue weighted by molar-refractivity contribution is 7.92. The lowest BCUT2D eigenvalue weighted by Gasteiger charge is -2.38. The maximum atomic E-state index is 13.7. The van der Waals surface area contributed by atoms with Crippen LogP contribution in [0.1, 0.15) is 35.7 Å². The van der Waals surface area contributed by atoms with Crippen molar-refractivity contribution in [3.05, 3.63) is 59.5 Å². The lowest BCUT2D eigenvalue weighted by molar-refractivity contribution is 0.0387. The molecular formula is C28H36N4O9S2. The number of aromatic nitrogens is 1. The summed E-state index contributed by atoms with van der Waals surface area (Å²) in [5.74, 6) is -0.0422. The van der Waals surface area contributed by atoms with Gasteiger partial charge in [-0.1, -0.05) is 12.1 Å². The lowest BCUT2D eigenvalue weighted by Crippen LogP contribution is -2.50. The number of methoxy groups -OCH3 is 1. The number of amides is 1. The molecule has 13 nitrogen and oxygen atoms in total. The van der Waals surface area contributed by atoms with Gasteiger partial charge in [-0.25, -0.2) is 16.8 Å². The molecule has 234 valence electrons. The Morgan fingerprint density at radius 1 is 1.16 bits per heavy atom. The van der Waals surface area contributed by atoms with Gasteiger partial charge in [0.1, 0.15) is 23.3 Å². The molecule has 0 saturated carbocycles. The molecule has 1 amide bonds. The van der Waals surface area contributed by atoms with Crippen LogP contribution >= 0.6 is 0 Å². The van der Waals surface area contributed by atoms with Gasteiger partial charge in [0.15, 0.2) is 10.7 Å². The zero-order chi connectivity index (χ0) is 31.7. The largest absolute Gasteiger partial charge is 0.497 e. The van der Waals surface area contributed by atoms with Gasteiger partial charge in [-0.15, -0.1) is 0 Å². The second kappa shape index (κ2) is 12.5. The Morgan fingerprint density at radius 3 is 2.42 bits per heavy atom. The first-order valence-electron chi connectivity index (χ1n) is 13.5. The SMILES string of the molecule is COc1ccc(S(=O)(=O)N(C)C[C@@H]2Oc3ccc(NS(=O)(=O)c4c(C)noc4C)cc3C(=O)N([C@H](C)CO)C[C@@H]2C)cc1. The molecule has 4 rings (SSSR count). The van der Waals surface area contributed by atoms with Crippen LogP contribution in [-0.4, -0.2) is 88.2 Å². The van der Waals surface area contributed by atoms with Gasteiger partial charge < -0.3 is 24.0 Å². The summed E-state index contributed by atoms with van der Waals surface area (Å²) in [6, 6.07) is 9.71. The minimum atomic E-state index is -4.10. The number of ether oxygens (including phenoxy) is 2. The van der Waals surface area contributed by atoms with Crippen molar-refractivity contribution in [3.8, 4) is 11.5 Å². The molecule has 0 fully saturated rings. The van der Waals surface area contributed by atoms with Crippen LogP contribution in [0.25, 0.3) is 0 Å². The van der Waals surface area contributed by atoms with E-state index in [1.54, 1.807) is 19.1 Å². The average Bonchev–Trinajstić information content (AvgIpc) is 3.32. The zero-order valence-corrected chi connectivity index (χ0v) is 26.4. The fourth-order valence-electron chi connectivity index (χ4n) is 4.85. The van der Waals surface area contributed by atoms with Gasteiger partial charge in [0, 0.05) is 25.2 Å². The van der Waals surface area contributed by atoms with Crippen LogP contribution < -0.4 is 14.2 Å². The Bertz CT molecular complexity index is 1670. The van der Waals surface area contributed by atoms with Gasteiger partial charge in [-0.3, -0.25) is 9.52 Å². The summed E-state index contributed by atoms with van der Waals surface area (Å²) < 4.78 is 73.0. The highest BCUT2D eigenvalue weighted by atomic mass is 32.2. The van der Waals surface area contributed by atoms with Crippen LogP contribution in [0.2, 0.25) is 0 Å². The summed E-state index contributed by atoms with van der Waals surface area (Å²) in [6.07, 6.45) is -0.705. The maximum absolute atomic E-state index is 13.7. The zero-order valence-electron chi connectivity index (χ0n) is 24.8. The third-order valence-corrected chi connectivity index (χ3v) is 10.8. The number of nitrogens with zero attached hydrogens (tertiary/aromatic N) is 3. The molecule has 0 bridgehead atoms. The standard InChI is InChI=1S/C28H36N4O9S2/c1-17-14-32(18(2)16-33)28(34)24-13-21(30-42(35,36)27-19(3)29-41-20(27)4)7-12-25(24)40-26(17)15-31(5)43(37,38)23-10-8-22(39-6)9-11-23/h7-13,17-18,26,30,33H,14-16H2,1-6H3/t17-,18+,26-/m0/s1. The number of fused-ring (bicyclic) bond motifs is 1. The highest BCUT2D eigenvalue weighted by Gasteiger charge is 2.36. The van der Waals surface area contributed by atoms with Crippen molar-refractivity contribution in [2.45, 2.75) is 49.6 Å². The molecule has 0 aliphatic carbocycles. The molecule has 1 aliphatic rings. The third kappa shape index (κ3) is 6.64. The molecule has 3 aromatic rings. The number of aliphatic hydroxyl groups is 1. The van der Waals surface area contributed by atoms with Crippen LogP contribution in [0.5, 0.6) is 11.5 Å². The topological polar surface area (TPSA) is 169 Å². The van der Waals surface area contributed by atoms with E-state index in [-0.39, 0.29) is 63.9 Å². The van der Waals surface area contributed by atoms with E-state index in [4.69, 9.17) is 14.0 Å². The summed E-state index contributed by atoms with van der Waals surface area (Å²) >= 11 is 0. The maximum Gasteiger partial charge on any atom is 0.267 e. The number of nitrogens with one attached hydrogen (secondary N) is 1. The number of aliphatic hydroxyl groups excluding tert-OH is 1. The number of carbonyl (C=O) groups is 1. The molecular weight excluding hydrogens is 600 g/mol. The van der Waals surface area contributed by atoms with E-state index in [1.165, 1.54) is 67.5 Å². The summed E-state index contributed by atoms with van der Waals surface area (Å²) in [5, 5.41) is 13.6. The molecule has 2 heterocycles. The number of carbonyl (C=O) groups excluding carboxylic acids is 1. The smallest absolute Gasteiger partial charge is 0.267 e. The fraction of sp³-hybridized carbons (Fsp3) is 0.429. The van der Waals surface area contributed by atoms with E-state index in [1.807, 2.05) is 6.92 Å². The first kappa shape index (κ1) is 32.3. The monoisotopic (exact) mass is 636 g/mol. The van der Waals surface area contributed by atoms with Crippen molar-refractivity contribution in [1.82, 2.24) is 14.4 Å². The number of sulfonamides is 2. The number of hydrogen-bond acceptors (Lipinski definition) is 10. The van der Waals surface area contributed by atoms with E-state index in [0.29, 0.717) is 5.75 Å². The van der Waals surface area contributed by atoms with E-state index in [9.17, 15) is 26.7 Å². The number of anilines is 1. The van der Waals surface area contributed by atoms with E-state index < -0.39 is 38.1 Å². The quantitative estimate of drug-likeness (QED) is 0.337. The number of rotatable bonds is 10. The predicted molar refractivity (Wildman–Crippen MR) is 157 cm³/mol. The Balaban J connectivity index is 1.68. The Morgan fingerprint density at radius 2 is 1.84 bits per heavy atom. The van der Waals surface area contributed by atoms with Gasteiger partial charge in [-0.05, 0) is 63.2 Å². The van der Waals surface area contributed by atoms with Gasteiger partial charge in [0.25, 0.3) is 15.9 Å². The summed E-state index contributed by atoms with van der Waals surface area (Å²) in [7, 11) is -5.07. The average molecular weight is 637 g/mol. The Hall–Kier alpha value is -3.66. The normalized spacial score (nSPS) is 18.4. The van der Waals surface area contributed by atoms with Crippen LogP contribution in [0.4, 0.5) is 5.69 Å². The van der Waals surface area contributed by atoms with Crippen LogP contribution in [0.15, 0.2) is 56.8 Å². The van der Waals surface area contributed by atoms with Crippen molar-refractivity contribution in [2.75, 3.05) is 38.6 Å². The van der Waals surface area contributed by atoms with Crippen LogP contribution in [0.3, 0.4) is 0 Å². The van der Waals surface area contributed by atoms with Gasteiger partial charge >= 0.3 is 0 Å². The molecule has 0 spiro atoms. The molecule has 1 aromatic heterocycles. The first-order chi connectivity index (χ1) is 20.2. The van der Waals surface area contributed by atoms with Crippen molar-refractivity contribution in [3.63, 3.8) is 0 Å². The van der Waals surface area contributed by atoms with Crippen LogP contribution in [-0.2, 0) is 20.0 Å². The summed E-state index contributed by atoms with van der Waals surface area (Å²) in [5.41, 5.74) is 0.331. The molecule has 0 radical (unpaired) electrons. The van der Waals surface area contributed by atoms with Gasteiger partial charge in [0.2, 0.25) is 10.0 Å². The second-order valence-electron chi connectivity index (χ2n) is 10.6. The summed E-state index contributed by atoms with van der Waals surface area (Å²) in [6.45, 7) is 6.29. The minimum absolute atomic E-state index is 0.0507. The summed E-state index contributed by atoms with van der Waals surface area (Å²) in [4.78, 5) is 15.2. The minimum Gasteiger partial charge on any atom is -0.497 e. The Labute approximate surface area is 251 Å². The molecule has 43 heavy (non-hydrogen) atoms. The molecule has 15 heteroatoms. The first-order valence-corrected chi connectivity index (χ1v) is 16.4. The molecule has 2 N–H and O–H groups in total. The van der Waals surface area contributed by atoms with E-state index >= 15 is 0 Å². The molecule has 0 saturated heterocycles. The van der Waals surface area contributed by atoms with Crippen molar-refractivity contribution < 1.29 is 40.7 Å². The number of aryl methyl sites for hydroxylation is 2. The number of hydrogen-bond donors (Lipinski definition) is 2. The second-order valence-corrected chi connectivity index (χ2v) is 14.2. The van der Waals surface area contributed by atoms with Gasteiger partial charge in [0.05, 0.1) is 36.8 Å². The molecule has 0 unspecified atom stereocenters. The third-order valence-electron chi connectivity index (χ3n) is 7.36. The number of benzene rings is 2. The van der Waals surface area contributed by atoms with E-state index in [0.717, 1.165) is 0 Å². The molecule has 1 aliphatic heterocycles. The number of likely N-dealkylation sites (N-methyl/N-ethyl adjacent to an activating group) is 1. The van der Waals surface area contributed by atoms with Crippen molar-refractivity contribution in [1.29, 1.82) is 0 Å². The van der Waals surface area contributed by atoms with Crippen molar-refractivity contribution in [2.24, 2.45) is 5.92 Å².